The fraction of sp³-hybridized carbons (Fsp3) is 0.500. The van der Waals surface area contributed by atoms with E-state index in [0.29, 0.717) is 11.3 Å². The minimum atomic E-state index is -1.56. The normalized spacial score (nSPS) is 11.7. The molecule has 0 saturated carbocycles. The van der Waals surface area contributed by atoms with Crippen LogP contribution in [0, 0.1) is 38.2 Å². The summed E-state index contributed by atoms with van der Waals surface area (Å²) in [4.78, 5) is 59.1. The molecule has 0 fully saturated rings. The zero-order chi connectivity index (χ0) is 27.3. The Labute approximate surface area is 243 Å². The summed E-state index contributed by atoms with van der Waals surface area (Å²) in [6.07, 6.45) is -0.0890. The molecule has 1 atom stereocenters. The van der Waals surface area contributed by atoms with Gasteiger partial charge in [0, 0.05) is 52.4 Å². The van der Waals surface area contributed by atoms with Crippen LogP contribution in [0.4, 0.5) is 0 Å². The summed E-state index contributed by atoms with van der Waals surface area (Å²) in [7, 11) is 1.46. The molecule has 0 N–H and O–H groups in total. The third kappa shape index (κ3) is 14.7. The molecule has 0 unspecified atom stereocenters. The molecule has 0 aliphatic carbocycles. The van der Waals surface area contributed by atoms with Crippen molar-refractivity contribution in [1.29, 1.82) is 0 Å². The fourth-order valence-electron chi connectivity index (χ4n) is 3.47. The van der Waals surface area contributed by atoms with Gasteiger partial charge >= 0.3 is 38.2 Å². The fourth-order valence-corrected chi connectivity index (χ4v) is 3.47. The third-order valence-corrected chi connectivity index (χ3v) is 5.12. The Morgan fingerprint density at radius 3 is 1.38 bits per heavy atom. The molecule has 15 heteroatoms. The minimum absolute atomic E-state index is 0. The first-order valence-electron chi connectivity index (χ1n) is 10.7. The summed E-state index contributed by atoms with van der Waals surface area (Å²) in [5.74, 6) is -7.24. The minimum Gasteiger partial charge on any atom is -0.549 e. The van der Waals surface area contributed by atoms with Gasteiger partial charge in [0.25, 0.3) is 0 Å². The zero-order valence-electron chi connectivity index (χ0n) is 19.9. The van der Waals surface area contributed by atoms with Gasteiger partial charge in [-0.25, -0.2) is 0 Å². The molecule has 207 valence electrons. The first-order valence-corrected chi connectivity index (χ1v) is 10.7. The van der Waals surface area contributed by atoms with Crippen molar-refractivity contribution >= 4 is 29.8 Å². The second-order valence-electron chi connectivity index (χ2n) is 7.83. The number of carbonyl (C=O) groups excluding carboxylic acids is 5. The maximum Gasteiger partial charge on any atom is 3.00 e. The molecule has 1 aromatic carbocycles. The Balaban J connectivity index is 0.0000130. The molecule has 0 bridgehead atoms. The van der Waals surface area contributed by atoms with Gasteiger partial charge in [-0.15, -0.1) is 0 Å². The number of aliphatic carboxylic acids is 5. The van der Waals surface area contributed by atoms with Crippen molar-refractivity contribution in [2.45, 2.75) is 12.5 Å². The Morgan fingerprint density at radius 2 is 1.08 bits per heavy atom. The Bertz CT molecular complexity index is 842. The molecule has 0 saturated heterocycles. The molecule has 1 rings (SSSR count). The summed E-state index contributed by atoms with van der Waals surface area (Å²) in [5, 5.41) is 55.9. The van der Waals surface area contributed by atoms with Crippen molar-refractivity contribution in [3.05, 3.63) is 29.8 Å². The van der Waals surface area contributed by atoms with Crippen LogP contribution < -0.4 is 30.3 Å². The predicted molar refractivity (Wildman–Crippen MR) is 110 cm³/mol. The van der Waals surface area contributed by atoms with Crippen molar-refractivity contribution in [2.75, 3.05) is 59.5 Å². The molecule has 0 aliphatic rings. The van der Waals surface area contributed by atoms with E-state index in [4.69, 9.17) is 4.74 Å². The van der Waals surface area contributed by atoms with Gasteiger partial charge in [-0.1, -0.05) is 12.1 Å². The summed E-state index contributed by atoms with van der Waals surface area (Å²) >= 11 is 0. The van der Waals surface area contributed by atoms with Crippen molar-refractivity contribution in [2.24, 2.45) is 0 Å². The van der Waals surface area contributed by atoms with E-state index >= 15 is 0 Å². The molecule has 1 aromatic rings. The van der Waals surface area contributed by atoms with Gasteiger partial charge in [-0.2, -0.15) is 0 Å². The maximum atomic E-state index is 12.0. The number of hydrogen-bond acceptors (Lipinski definition) is 14. The van der Waals surface area contributed by atoms with Gasteiger partial charge < -0.3 is 54.2 Å². The number of hydrogen-bond donors (Lipinski definition) is 0. The maximum absolute atomic E-state index is 12.0. The van der Waals surface area contributed by atoms with E-state index < -0.39 is 62.1 Å². The van der Waals surface area contributed by atoms with Crippen LogP contribution in [0.25, 0.3) is 0 Å². The standard InChI is InChI=1S/C22H31N3O11.Dy/c1-36-16-4-2-15(3-5-16)10-17(22(34)35)25(8-6-23(11-18(26)27)12-19(28)29)9-7-24(13-20(30)31)14-21(32)33;/h2-5,17H,6-14H2,1H3,(H,26,27)(H,28,29)(H,30,31)(H,32,33)(H,34,35);/q;+3/p-5/t17-;/m0./s1. The molecular formula is C22H26DyN3O11-2. The van der Waals surface area contributed by atoms with E-state index in [-0.39, 0.29) is 70.8 Å². The summed E-state index contributed by atoms with van der Waals surface area (Å²) in [6.45, 7) is -3.94. The van der Waals surface area contributed by atoms with Gasteiger partial charge in [-0.05, 0) is 24.1 Å². The SMILES string of the molecule is COc1ccc(C[C@@H](C(=O)[O-])N(CCN(CC(=O)[O-])CC(=O)[O-])CCN(CC(=O)[O-])CC(=O)[O-])cc1.[Dy+3]. The molecular weight excluding hydrogens is 645 g/mol. The van der Waals surface area contributed by atoms with E-state index in [2.05, 4.69) is 0 Å². The number of ether oxygens (including phenoxy) is 1. The molecule has 1 radical (unpaired) electrons. The number of carbonyl (C=O) groups is 5. The number of benzene rings is 1. The second-order valence-corrected chi connectivity index (χ2v) is 7.83. The summed E-state index contributed by atoms with van der Waals surface area (Å²) < 4.78 is 5.06. The third-order valence-electron chi connectivity index (χ3n) is 5.12. The van der Waals surface area contributed by atoms with E-state index in [9.17, 15) is 49.5 Å². The van der Waals surface area contributed by atoms with E-state index in [1.165, 1.54) is 12.0 Å². The van der Waals surface area contributed by atoms with Gasteiger partial charge in [0.05, 0.1) is 43.0 Å². The summed E-state index contributed by atoms with van der Waals surface area (Å²) in [6, 6.07) is 5.12. The van der Waals surface area contributed by atoms with Gasteiger partial charge in [0.2, 0.25) is 0 Å². The Kier molecular flexibility index (Phi) is 16.7. The quantitative estimate of drug-likeness (QED) is 0.134. The average molecular weight is 671 g/mol. The number of rotatable bonds is 19. The Morgan fingerprint density at radius 1 is 0.703 bits per heavy atom. The Hall–Kier alpha value is -2.48. The zero-order valence-corrected chi connectivity index (χ0v) is 21.9. The second kappa shape index (κ2) is 17.9. The smallest absolute Gasteiger partial charge is 0.549 e. The largest absolute Gasteiger partial charge is 3.00 e. The monoisotopic (exact) mass is 672 g/mol. The van der Waals surface area contributed by atoms with Crippen LogP contribution in [0.2, 0.25) is 0 Å². The molecule has 0 aromatic heterocycles. The van der Waals surface area contributed by atoms with Crippen LogP contribution in [0.1, 0.15) is 5.56 Å². The van der Waals surface area contributed by atoms with Crippen LogP contribution >= 0.6 is 0 Å². The predicted octanol–water partition coefficient (Wildman–Crippen LogP) is -7.74. The molecule has 37 heavy (non-hydrogen) atoms. The molecule has 0 heterocycles. The van der Waals surface area contributed by atoms with Gasteiger partial charge in [0.15, 0.2) is 0 Å². The van der Waals surface area contributed by atoms with Crippen LogP contribution in [0.3, 0.4) is 0 Å². The van der Waals surface area contributed by atoms with Crippen LogP contribution in [0.5, 0.6) is 5.75 Å². The van der Waals surface area contributed by atoms with Gasteiger partial charge in [0.1, 0.15) is 5.75 Å². The van der Waals surface area contributed by atoms with Crippen LogP contribution in [-0.4, -0.2) is 110 Å². The van der Waals surface area contributed by atoms with Gasteiger partial charge in [-0.3, -0.25) is 14.7 Å². The molecule has 14 nitrogen and oxygen atoms in total. The molecule has 0 amide bonds. The first-order chi connectivity index (χ1) is 16.9. The van der Waals surface area contributed by atoms with Crippen LogP contribution in [-0.2, 0) is 30.4 Å². The van der Waals surface area contributed by atoms with Crippen molar-refractivity contribution < 1.29 is 92.4 Å². The summed E-state index contributed by atoms with van der Waals surface area (Å²) in [5.41, 5.74) is 0.567. The van der Waals surface area contributed by atoms with Crippen LogP contribution in [0.15, 0.2) is 24.3 Å². The topological polar surface area (TPSA) is 220 Å². The number of carboxylic acid groups (broad SMARTS) is 5. The average Bonchev–Trinajstić information content (AvgIpc) is 2.76. The van der Waals surface area contributed by atoms with Crippen molar-refractivity contribution in [1.82, 2.24) is 14.7 Å². The number of methoxy groups -OCH3 is 1. The molecule has 0 spiro atoms. The van der Waals surface area contributed by atoms with E-state index in [1.807, 2.05) is 0 Å². The van der Waals surface area contributed by atoms with Crippen molar-refractivity contribution in [3.8, 4) is 5.75 Å². The number of nitrogens with zero attached hydrogens (tertiary/aromatic N) is 3. The number of carboxylic acids is 5. The molecule has 0 aliphatic heterocycles. The van der Waals surface area contributed by atoms with E-state index in [1.54, 1.807) is 24.3 Å². The van der Waals surface area contributed by atoms with E-state index in [0.717, 1.165) is 9.80 Å². The van der Waals surface area contributed by atoms with Crippen molar-refractivity contribution in [3.63, 3.8) is 0 Å². The first kappa shape index (κ1) is 34.5.